The molecule has 7 heteroatoms. The molecule has 0 bridgehead atoms. The van der Waals surface area contributed by atoms with Gasteiger partial charge in [0, 0.05) is 27.0 Å². The van der Waals surface area contributed by atoms with Gasteiger partial charge in [-0.1, -0.05) is 0 Å². The Labute approximate surface area is 118 Å². The molecule has 0 unspecified atom stereocenters. The smallest absolute Gasteiger partial charge is 0.240 e. The van der Waals surface area contributed by atoms with E-state index in [0.29, 0.717) is 5.69 Å². The Balaban J connectivity index is 2.10. The molecule has 0 aliphatic rings. The SMILES string of the molecule is Nc1ccc(S(=O)(=O)NCc2cc(Br)cs2)cc1. The molecule has 0 spiro atoms. The van der Waals surface area contributed by atoms with Crippen molar-refractivity contribution in [2.45, 2.75) is 11.4 Å². The lowest BCUT2D eigenvalue weighted by Gasteiger charge is -2.05. The summed E-state index contributed by atoms with van der Waals surface area (Å²) in [5.74, 6) is 0. The summed E-state index contributed by atoms with van der Waals surface area (Å²) in [5, 5.41) is 1.91. The van der Waals surface area contributed by atoms with Crippen LogP contribution in [0.5, 0.6) is 0 Å². The van der Waals surface area contributed by atoms with Crippen LogP contribution in [0.2, 0.25) is 0 Å². The normalized spacial score (nSPS) is 11.6. The number of nitrogens with one attached hydrogen (secondary N) is 1. The quantitative estimate of drug-likeness (QED) is 0.835. The fourth-order valence-electron chi connectivity index (χ4n) is 1.34. The average Bonchev–Trinajstić information content (AvgIpc) is 2.73. The maximum absolute atomic E-state index is 12.0. The van der Waals surface area contributed by atoms with Crippen LogP contribution in [-0.2, 0) is 16.6 Å². The number of thiophene rings is 1. The number of halogens is 1. The third-order valence-corrected chi connectivity index (χ3v) is 5.36. The van der Waals surface area contributed by atoms with Gasteiger partial charge in [0.2, 0.25) is 10.0 Å². The van der Waals surface area contributed by atoms with Crippen LogP contribution in [0.1, 0.15) is 4.88 Å². The highest BCUT2D eigenvalue weighted by Gasteiger charge is 2.13. The van der Waals surface area contributed by atoms with Crippen LogP contribution >= 0.6 is 27.3 Å². The number of nitrogen functional groups attached to an aromatic ring is 1. The Morgan fingerprint density at radius 3 is 2.50 bits per heavy atom. The van der Waals surface area contributed by atoms with Gasteiger partial charge in [-0.05, 0) is 46.3 Å². The van der Waals surface area contributed by atoms with E-state index in [9.17, 15) is 8.42 Å². The molecule has 1 aromatic heterocycles. The van der Waals surface area contributed by atoms with Crippen molar-refractivity contribution in [1.29, 1.82) is 0 Å². The second-order valence-corrected chi connectivity index (χ2v) is 7.30. The van der Waals surface area contributed by atoms with Gasteiger partial charge in [-0.15, -0.1) is 11.3 Å². The molecule has 2 rings (SSSR count). The summed E-state index contributed by atoms with van der Waals surface area (Å²) in [6.45, 7) is 0.281. The van der Waals surface area contributed by atoms with Crippen molar-refractivity contribution in [1.82, 2.24) is 4.72 Å². The highest BCUT2D eigenvalue weighted by atomic mass is 79.9. The molecular weight excluding hydrogens is 336 g/mol. The molecule has 18 heavy (non-hydrogen) atoms. The van der Waals surface area contributed by atoms with Gasteiger partial charge in [0.25, 0.3) is 0 Å². The average molecular weight is 347 g/mol. The molecule has 2 aromatic rings. The van der Waals surface area contributed by atoms with Crippen LogP contribution in [0, 0.1) is 0 Å². The topological polar surface area (TPSA) is 72.2 Å². The maximum atomic E-state index is 12.0. The monoisotopic (exact) mass is 346 g/mol. The van der Waals surface area contributed by atoms with Crippen molar-refractivity contribution < 1.29 is 8.42 Å². The predicted octanol–water partition coefficient (Wildman–Crippen LogP) is 2.57. The Morgan fingerprint density at radius 2 is 1.94 bits per heavy atom. The third kappa shape index (κ3) is 3.32. The summed E-state index contributed by atoms with van der Waals surface area (Å²) in [6, 6.07) is 7.99. The van der Waals surface area contributed by atoms with Gasteiger partial charge >= 0.3 is 0 Å². The van der Waals surface area contributed by atoms with E-state index in [1.54, 1.807) is 12.1 Å². The first kappa shape index (κ1) is 13.5. The fourth-order valence-corrected chi connectivity index (χ4v) is 3.83. The molecule has 3 N–H and O–H groups in total. The van der Waals surface area contributed by atoms with E-state index < -0.39 is 10.0 Å². The molecule has 96 valence electrons. The maximum Gasteiger partial charge on any atom is 0.240 e. The van der Waals surface area contributed by atoms with Crippen molar-refractivity contribution in [3.63, 3.8) is 0 Å². The lowest BCUT2D eigenvalue weighted by molar-refractivity contribution is 0.582. The molecular formula is C11H11BrN2O2S2. The summed E-state index contributed by atoms with van der Waals surface area (Å²) in [5.41, 5.74) is 6.06. The lowest BCUT2D eigenvalue weighted by atomic mass is 10.3. The van der Waals surface area contributed by atoms with Gasteiger partial charge in [-0.3, -0.25) is 0 Å². The van der Waals surface area contributed by atoms with E-state index in [2.05, 4.69) is 20.7 Å². The molecule has 0 aliphatic carbocycles. The van der Waals surface area contributed by atoms with Crippen molar-refractivity contribution in [2.75, 3.05) is 5.73 Å². The van der Waals surface area contributed by atoms with Gasteiger partial charge in [-0.25, -0.2) is 13.1 Å². The van der Waals surface area contributed by atoms with Gasteiger partial charge in [0.15, 0.2) is 0 Å². The lowest BCUT2D eigenvalue weighted by Crippen LogP contribution is -2.22. The Morgan fingerprint density at radius 1 is 1.28 bits per heavy atom. The molecule has 1 heterocycles. The van der Waals surface area contributed by atoms with Gasteiger partial charge in [0.1, 0.15) is 0 Å². The van der Waals surface area contributed by atoms with E-state index in [1.807, 2.05) is 11.4 Å². The minimum absolute atomic E-state index is 0.215. The number of anilines is 1. The van der Waals surface area contributed by atoms with Crippen molar-refractivity contribution in [3.8, 4) is 0 Å². The zero-order valence-electron chi connectivity index (χ0n) is 9.26. The van der Waals surface area contributed by atoms with Gasteiger partial charge in [-0.2, -0.15) is 0 Å². The van der Waals surface area contributed by atoms with Crippen LogP contribution in [0.4, 0.5) is 5.69 Å². The molecule has 4 nitrogen and oxygen atoms in total. The largest absolute Gasteiger partial charge is 0.399 e. The number of sulfonamides is 1. The Hall–Kier alpha value is -0.890. The predicted molar refractivity (Wildman–Crippen MR) is 76.9 cm³/mol. The number of nitrogens with two attached hydrogens (primary N) is 1. The van der Waals surface area contributed by atoms with Gasteiger partial charge in [0.05, 0.1) is 4.90 Å². The van der Waals surface area contributed by atoms with Crippen LogP contribution in [0.25, 0.3) is 0 Å². The van der Waals surface area contributed by atoms with Crippen LogP contribution in [0.15, 0.2) is 45.1 Å². The summed E-state index contributed by atoms with van der Waals surface area (Å²) in [4.78, 5) is 1.16. The fraction of sp³-hybridized carbons (Fsp3) is 0.0909. The molecule has 0 fully saturated rings. The zero-order valence-corrected chi connectivity index (χ0v) is 12.5. The highest BCUT2D eigenvalue weighted by molar-refractivity contribution is 9.10. The number of hydrogen-bond donors (Lipinski definition) is 2. The van der Waals surface area contributed by atoms with E-state index in [-0.39, 0.29) is 11.4 Å². The summed E-state index contributed by atoms with van der Waals surface area (Å²) < 4.78 is 27.4. The van der Waals surface area contributed by atoms with E-state index in [1.165, 1.54) is 23.5 Å². The Kier molecular flexibility index (Phi) is 4.06. The van der Waals surface area contributed by atoms with E-state index in [0.717, 1.165) is 9.35 Å². The zero-order chi connectivity index (χ0) is 13.2. The number of benzene rings is 1. The standard InChI is InChI=1S/C11H11BrN2O2S2/c12-8-5-10(17-7-8)6-14-18(15,16)11-3-1-9(13)2-4-11/h1-5,7,14H,6,13H2. The molecule has 0 saturated heterocycles. The summed E-state index contributed by atoms with van der Waals surface area (Å²) >= 11 is 4.82. The number of hydrogen-bond acceptors (Lipinski definition) is 4. The van der Waals surface area contributed by atoms with Crippen LogP contribution in [0.3, 0.4) is 0 Å². The van der Waals surface area contributed by atoms with E-state index >= 15 is 0 Å². The molecule has 0 saturated carbocycles. The molecule has 0 atom stereocenters. The minimum Gasteiger partial charge on any atom is -0.399 e. The minimum atomic E-state index is -3.48. The van der Waals surface area contributed by atoms with Crippen molar-refractivity contribution in [3.05, 3.63) is 45.1 Å². The summed E-state index contributed by atoms with van der Waals surface area (Å²) in [6.07, 6.45) is 0. The molecule has 0 aliphatic heterocycles. The van der Waals surface area contributed by atoms with Crippen LogP contribution < -0.4 is 10.5 Å². The molecule has 0 radical (unpaired) electrons. The second kappa shape index (κ2) is 5.40. The van der Waals surface area contributed by atoms with Crippen LogP contribution in [-0.4, -0.2) is 8.42 Å². The second-order valence-electron chi connectivity index (χ2n) is 3.62. The molecule has 1 aromatic carbocycles. The van der Waals surface area contributed by atoms with Crippen molar-refractivity contribution in [2.24, 2.45) is 0 Å². The Bertz CT molecular complexity index is 635. The van der Waals surface area contributed by atoms with Crippen molar-refractivity contribution >= 4 is 43.0 Å². The number of rotatable bonds is 4. The first-order valence-electron chi connectivity index (χ1n) is 5.05. The van der Waals surface area contributed by atoms with E-state index in [4.69, 9.17) is 5.73 Å². The third-order valence-electron chi connectivity index (χ3n) is 2.25. The first-order valence-corrected chi connectivity index (χ1v) is 8.21. The molecule has 0 amide bonds. The first-order chi connectivity index (χ1) is 8.47. The highest BCUT2D eigenvalue weighted by Crippen LogP contribution is 2.20. The van der Waals surface area contributed by atoms with Gasteiger partial charge < -0.3 is 5.73 Å². The summed E-state index contributed by atoms with van der Waals surface area (Å²) in [7, 11) is -3.48.